The Morgan fingerprint density at radius 1 is 1.17 bits per heavy atom. The minimum absolute atomic E-state index is 0.0561. The van der Waals surface area contributed by atoms with E-state index in [2.05, 4.69) is 12.2 Å². The Morgan fingerprint density at radius 2 is 1.83 bits per heavy atom. The van der Waals surface area contributed by atoms with E-state index in [4.69, 9.17) is 0 Å². The van der Waals surface area contributed by atoms with Crippen molar-refractivity contribution in [3.8, 4) is 0 Å². The van der Waals surface area contributed by atoms with Crippen molar-refractivity contribution < 1.29 is 18.0 Å². The van der Waals surface area contributed by atoms with Crippen LogP contribution in [0.5, 0.6) is 0 Å². The van der Waals surface area contributed by atoms with Gasteiger partial charge in [0.2, 0.25) is 11.8 Å². The maximum atomic E-state index is 12.2. The van der Waals surface area contributed by atoms with E-state index in [0.29, 0.717) is 38.5 Å². The van der Waals surface area contributed by atoms with E-state index in [1.165, 1.54) is 0 Å². The van der Waals surface area contributed by atoms with Crippen molar-refractivity contribution in [3.63, 3.8) is 0 Å². The van der Waals surface area contributed by atoms with E-state index in [9.17, 15) is 18.0 Å². The van der Waals surface area contributed by atoms with Gasteiger partial charge in [-0.3, -0.25) is 14.5 Å². The molecule has 7 nitrogen and oxygen atoms in total. The van der Waals surface area contributed by atoms with Crippen LogP contribution < -0.4 is 5.32 Å². The molecular weight excluding hydrogens is 318 g/mol. The van der Waals surface area contributed by atoms with Gasteiger partial charge in [0.1, 0.15) is 0 Å². The molecule has 3 atom stereocenters. The number of rotatable bonds is 4. The fraction of sp³-hybridized carbons (Fsp3) is 0.867. The molecule has 0 aromatic rings. The molecule has 3 aliphatic rings. The molecule has 0 aromatic heterocycles. The summed E-state index contributed by atoms with van der Waals surface area (Å²) in [5, 5.41) is 2.81. The average Bonchev–Trinajstić information content (AvgIpc) is 3.12. The van der Waals surface area contributed by atoms with Crippen molar-refractivity contribution in [2.24, 2.45) is 11.8 Å². The highest BCUT2D eigenvalue weighted by molar-refractivity contribution is 7.91. The minimum Gasteiger partial charge on any atom is -0.351 e. The van der Waals surface area contributed by atoms with Gasteiger partial charge >= 0.3 is 0 Å². The van der Waals surface area contributed by atoms with Crippen LogP contribution in [0, 0.1) is 11.8 Å². The first kappa shape index (κ1) is 16.7. The Labute approximate surface area is 137 Å². The zero-order valence-corrected chi connectivity index (χ0v) is 14.3. The van der Waals surface area contributed by atoms with Gasteiger partial charge in [0.15, 0.2) is 9.84 Å². The molecule has 2 saturated heterocycles. The van der Waals surface area contributed by atoms with E-state index in [1.807, 2.05) is 9.80 Å². The standard InChI is InChI=1S/C15H25N3O4S/c1-11-8-13(11)15(20)18-5-3-17(4-6-18)9-14(19)16-12-2-7-23(21,22)10-12/h11-13H,2-10H2,1H3,(H,16,19)/t11-,12-,13+/m1/s1. The van der Waals surface area contributed by atoms with Crippen LogP contribution in [0.2, 0.25) is 0 Å². The summed E-state index contributed by atoms with van der Waals surface area (Å²) < 4.78 is 22.8. The van der Waals surface area contributed by atoms with E-state index in [1.54, 1.807) is 0 Å². The molecule has 2 heterocycles. The van der Waals surface area contributed by atoms with Crippen LogP contribution in [0.4, 0.5) is 0 Å². The molecule has 3 fully saturated rings. The lowest BCUT2D eigenvalue weighted by Gasteiger charge is -2.34. The first-order valence-electron chi connectivity index (χ1n) is 8.35. The van der Waals surface area contributed by atoms with E-state index in [0.717, 1.165) is 6.42 Å². The van der Waals surface area contributed by atoms with Gasteiger partial charge in [-0.05, 0) is 18.8 Å². The van der Waals surface area contributed by atoms with E-state index >= 15 is 0 Å². The molecule has 23 heavy (non-hydrogen) atoms. The van der Waals surface area contributed by atoms with Crippen LogP contribution in [0.1, 0.15) is 19.8 Å². The first-order valence-corrected chi connectivity index (χ1v) is 10.2. The maximum Gasteiger partial charge on any atom is 0.234 e. The Hall–Kier alpha value is -1.15. The Balaban J connectivity index is 1.38. The number of nitrogens with one attached hydrogen (secondary N) is 1. The molecule has 1 aliphatic carbocycles. The Bertz CT molecular complexity index is 584. The van der Waals surface area contributed by atoms with Crippen LogP contribution in [-0.4, -0.2) is 80.3 Å². The molecule has 8 heteroatoms. The number of carbonyl (C=O) groups excluding carboxylic acids is 2. The number of sulfone groups is 1. The fourth-order valence-corrected chi connectivity index (χ4v) is 5.09. The highest BCUT2D eigenvalue weighted by atomic mass is 32.2. The molecular formula is C15H25N3O4S. The molecule has 1 saturated carbocycles. The minimum atomic E-state index is -2.97. The number of hydrogen-bond acceptors (Lipinski definition) is 5. The number of amides is 2. The molecule has 130 valence electrons. The lowest BCUT2D eigenvalue weighted by molar-refractivity contribution is -0.134. The van der Waals surface area contributed by atoms with Gasteiger partial charge in [0.25, 0.3) is 0 Å². The van der Waals surface area contributed by atoms with Crippen molar-refractivity contribution in [1.82, 2.24) is 15.1 Å². The third-order valence-electron chi connectivity index (χ3n) is 5.08. The Morgan fingerprint density at radius 3 is 2.35 bits per heavy atom. The van der Waals surface area contributed by atoms with Crippen molar-refractivity contribution in [3.05, 3.63) is 0 Å². The summed E-state index contributed by atoms with van der Waals surface area (Å²) in [4.78, 5) is 28.1. The highest BCUT2D eigenvalue weighted by Crippen LogP contribution is 2.39. The molecule has 1 N–H and O–H groups in total. The third-order valence-corrected chi connectivity index (χ3v) is 6.84. The van der Waals surface area contributed by atoms with E-state index in [-0.39, 0.29) is 41.8 Å². The summed E-state index contributed by atoms with van der Waals surface area (Å²) in [7, 11) is -2.97. The predicted molar refractivity (Wildman–Crippen MR) is 85.5 cm³/mol. The van der Waals surface area contributed by atoms with Crippen molar-refractivity contribution >= 4 is 21.7 Å². The number of hydrogen-bond donors (Lipinski definition) is 1. The quantitative estimate of drug-likeness (QED) is 0.714. The van der Waals surface area contributed by atoms with Crippen molar-refractivity contribution in [1.29, 1.82) is 0 Å². The maximum absolute atomic E-state index is 12.2. The zero-order chi connectivity index (χ0) is 16.6. The van der Waals surface area contributed by atoms with Crippen LogP contribution in [-0.2, 0) is 19.4 Å². The number of piperazine rings is 1. The Kier molecular flexibility index (Phi) is 4.64. The second kappa shape index (κ2) is 6.39. The molecule has 0 unspecified atom stereocenters. The normalized spacial score (nSPS) is 33.4. The molecule has 0 aromatic carbocycles. The largest absolute Gasteiger partial charge is 0.351 e. The summed E-state index contributed by atoms with van der Waals surface area (Å²) in [6.07, 6.45) is 1.52. The SMILES string of the molecule is C[C@@H]1C[C@@H]1C(=O)N1CCN(CC(=O)N[C@@H]2CCS(=O)(=O)C2)CC1. The zero-order valence-electron chi connectivity index (χ0n) is 13.5. The van der Waals surface area contributed by atoms with Gasteiger partial charge in [-0.1, -0.05) is 6.92 Å². The summed E-state index contributed by atoms with van der Waals surface area (Å²) in [6.45, 7) is 5.12. The second-order valence-corrected chi connectivity index (χ2v) is 9.32. The van der Waals surface area contributed by atoms with Gasteiger partial charge in [0.05, 0.1) is 18.1 Å². The van der Waals surface area contributed by atoms with E-state index < -0.39 is 9.84 Å². The molecule has 3 rings (SSSR count). The summed E-state index contributed by atoms with van der Waals surface area (Å²) in [6, 6.07) is -0.244. The lowest BCUT2D eigenvalue weighted by Crippen LogP contribution is -2.52. The summed E-state index contributed by atoms with van der Waals surface area (Å²) >= 11 is 0. The van der Waals surface area contributed by atoms with Crippen molar-refractivity contribution in [2.45, 2.75) is 25.8 Å². The predicted octanol–water partition coefficient (Wildman–Crippen LogP) is -0.910. The fourth-order valence-electron chi connectivity index (χ4n) is 3.41. The topological polar surface area (TPSA) is 86.8 Å². The summed E-state index contributed by atoms with van der Waals surface area (Å²) in [5.41, 5.74) is 0. The van der Waals surface area contributed by atoms with Crippen LogP contribution in [0.25, 0.3) is 0 Å². The molecule has 0 radical (unpaired) electrons. The monoisotopic (exact) mass is 343 g/mol. The van der Waals surface area contributed by atoms with Crippen LogP contribution >= 0.6 is 0 Å². The van der Waals surface area contributed by atoms with Gasteiger partial charge in [-0.25, -0.2) is 8.42 Å². The number of nitrogens with zero attached hydrogens (tertiary/aromatic N) is 2. The van der Waals surface area contributed by atoms with Crippen molar-refractivity contribution in [2.75, 3.05) is 44.2 Å². The first-order chi connectivity index (χ1) is 10.8. The van der Waals surface area contributed by atoms with Gasteiger partial charge in [-0.15, -0.1) is 0 Å². The third kappa shape index (κ3) is 4.23. The van der Waals surface area contributed by atoms with Gasteiger partial charge < -0.3 is 10.2 Å². The molecule has 0 bridgehead atoms. The smallest absolute Gasteiger partial charge is 0.234 e. The van der Waals surface area contributed by atoms with Gasteiger partial charge in [-0.2, -0.15) is 0 Å². The number of carbonyl (C=O) groups is 2. The summed E-state index contributed by atoms with van der Waals surface area (Å²) in [5.74, 6) is 1.10. The molecule has 2 aliphatic heterocycles. The second-order valence-electron chi connectivity index (χ2n) is 7.09. The molecule has 0 spiro atoms. The average molecular weight is 343 g/mol. The lowest BCUT2D eigenvalue weighted by atomic mass is 10.2. The van der Waals surface area contributed by atoms with Crippen LogP contribution in [0.15, 0.2) is 0 Å². The van der Waals surface area contributed by atoms with Gasteiger partial charge in [0, 0.05) is 38.1 Å². The van der Waals surface area contributed by atoms with Crippen LogP contribution in [0.3, 0.4) is 0 Å². The highest BCUT2D eigenvalue weighted by Gasteiger charge is 2.42. The molecule has 2 amide bonds.